The van der Waals surface area contributed by atoms with Crippen molar-refractivity contribution in [1.29, 1.82) is 0 Å². The summed E-state index contributed by atoms with van der Waals surface area (Å²) >= 11 is 1.44. The van der Waals surface area contributed by atoms with Crippen molar-refractivity contribution in [3.8, 4) is 0 Å². The Morgan fingerprint density at radius 2 is 1.71 bits per heavy atom. The van der Waals surface area contributed by atoms with E-state index < -0.39 is 0 Å². The first kappa shape index (κ1) is 24.0. The average Bonchev–Trinajstić information content (AvgIpc) is 3.15. The molecule has 0 saturated carbocycles. The number of para-hydroxylation sites is 1. The summed E-state index contributed by atoms with van der Waals surface area (Å²) in [5.74, 6) is 0.145. The van der Waals surface area contributed by atoms with Crippen LogP contribution in [0.1, 0.15) is 31.1 Å². The number of hydrogen-bond donors (Lipinski definition) is 1. The minimum absolute atomic E-state index is 0.0130. The number of amides is 2. The molecule has 7 nitrogen and oxygen atoms in total. The molecule has 1 aliphatic heterocycles. The van der Waals surface area contributed by atoms with Crippen LogP contribution in [0, 0.1) is 0 Å². The second-order valence-electron chi connectivity index (χ2n) is 8.66. The normalized spacial score (nSPS) is 18.1. The fraction of sp³-hybridized carbons (Fsp3) is 0.346. The molecule has 2 atom stereocenters. The number of carbonyl (C=O) groups excluding carboxylic acids is 3. The first-order valence-corrected chi connectivity index (χ1v) is 12.3. The second kappa shape index (κ2) is 10.4. The molecule has 34 heavy (non-hydrogen) atoms. The number of hydrogen-bond acceptors (Lipinski definition) is 5. The number of benzene rings is 2. The third-order valence-corrected chi connectivity index (χ3v) is 6.81. The fourth-order valence-electron chi connectivity index (χ4n) is 4.21. The molecule has 0 aliphatic carbocycles. The highest BCUT2D eigenvalue weighted by Gasteiger charge is 2.26. The molecule has 1 saturated heterocycles. The molecule has 1 N–H and O–H groups in total. The van der Waals surface area contributed by atoms with Crippen LogP contribution in [0.5, 0.6) is 0 Å². The van der Waals surface area contributed by atoms with Gasteiger partial charge in [-0.25, -0.2) is 0 Å². The van der Waals surface area contributed by atoms with E-state index in [1.807, 2.05) is 53.8 Å². The minimum atomic E-state index is -0.134. The Balaban J connectivity index is 1.42. The van der Waals surface area contributed by atoms with Gasteiger partial charge in [-0.2, -0.15) is 0 Å². The second-order valence-corrected chi connectivity index (χ2v) is 9.68. The van der Waals surface area contributed by atoms with Gasteiger partial charge in [0.25, 0.3) is 0 Å². The first-order valence-electron chi connectivity index (χ1n) is 11.3. The summed E-state index contributed by atoms with van der Waals surface area (Å²) in [6, 6.07) is 14.8. The highest BCUT2D eigenvalue weighted by atomic mass is 32.2. The smallest absolute Gasteiger partial charge is 0.242 e. The molecule has 0 bridgehead atoms. The first-order chi connectivity index (χ1) is 16.3. The van der Waals surface area contributed by atoms with Gasteiger partial charge in [0.15, 0.2) is 5.78 Å². The molecule has 2 aromatic carbocycles. The molecule has 2 heterocycles. The van der Waals surface area contributed by atoms with Gasteiger partial charge in [-0.05, 0) is 51.1 Å². The molecule has 2 amide bonds. The predicted octanol–water partition coefficient (Wildman–Crippen LogP) is 4.21. The summed E-state index contributed by atoms with van der Waals surface area (Å²) in [4.78, 5) is 39.7. The Labute approximate surface area is 203 Å². The maximum atomic E-state index is 13.0. The van der Waals surface area contributed by atoms with Gasteiger partial charge in [-0.1, -0.05) is 18.2 Å². The topological polar surface area (TPSA) is 80.6 Å². The Morgan fingerprint density at radius 1 is 1.03 bits per heavy atom. The summed E-state index contributed by atoms with van der Waals surface area (Å²) in [6.45, 7) is 6.91. The quantitative estimate of drug-likeness (QED) is 0.406. The maximum absolute atomic E-state index is 13.0. The molecular weight excluding hydrogens is 450 g/mol. The van der Waals surface area contributed by atoms with Crippen LogP contribution in [0.4, 0.5) is 5.69 Å². The van der Waals surface area contributed by atoms with Gasteiger partial charge in [-0.3, -0.25) is 14.4 Å². The lowest BCUT2D eigenvalue weighted by Crippen LogP contribution is -2.49. The maximum Gasteiger partial charge on any atom is 0.242 e. The molecule has 1 aromatic heterocycles. The third-order valence-electron chi connectivity index (χ3n) is 5.76. The summed E-state index contributed by atoms with van der Waals surface area (Å²) in [5.41, 5.74) is 2.22. The van der Waals surface area contributed by atoms with E-state index in [4.69, 9.17) is 4.74 Å². The number of anilines is 1. The van der Waals surface area contributed by atoms with Crippen molar-refractivity contribution in [1.82, 2.24) is 9.47 Å². The number of nitrogens with one attached hydrogen (secondary N) is 1. The van der Waals surface area contributed by atoms with E-state index in [1.165, 1.54) is 18.7 Å². The minimum Gasteiger partial charge on any atom is -0.372 e. The SMILES string of the molecule is CC(=O)c1ccc(NC(=O)CSc2cn(CC(=O)N3C[C@@H](C)O[C@H](C)C3)c3ccccc23)cc1. The highest BCUT2D eigenvalue weighted by molar-refractivity contribution is 8.00. The average molecular weight is 480 g/mol. The van der Waals surface area contributed by atoms with Crippen LogP contribution in [-0.2, 0) is 20.9 Å². The van der Waals surface area contributed by atoms with Gasteiger partial charge in [0, 0.05) is 46.3 Å². The Hall–Kier alpha value is -3.10. The molecule has 0 spiro atoms. The van der Waals surface area contributed by atoms with Crippen LogP contribution in [0.2, 0.25) is 0 Å². The lowest BCUT2D eigenvalue weighted by Gasteiger charge is -2.35. The summed E-state index contributed by atoms with van der Waals surface area (Å²) in [5, 5.41) is 3.88. The number of carbonyl (C=O) groups is 3. The van der Waals surface area contributed by atoms with E-state index in [0.29, 0.717) is 24.3 Å². The van der Waals surface area contributed by atoms with Crippen LogP contribution in [-0.4, -0.2) is 58.1 Å². The molecule has 1 aliphatic rings. The van der Waals surface area contributed by atoms with E-state index in [9.17, 15) is 14.4 Å². The van der Waals surface area contributed by atoms with Gasteiger partial charge in [-0.15, -0.1) is 11.8 Å². The third kappa shape index (κ3) is 5.69. The molecule has 0 radical (unpaired) electrons. The van der Waals surface area contributed by atoms with Crippen molar-refractivity contribution in [2.75, 3.05) is 24.2 Å². The molecule has 3 aromatic rings. The Kier molecular flexibility index (Phi) is 7.38. The lowest BCUT2D eigenvalue weighted by molar-refractivity contribution is -0.143. The Bertz CT molecular complexity index is 1190. The van der Waals surface area contributed by atoms with Crippen molar-refractivity contribution >= 4 is 45.9 Å². The van der Waals surface area contributed by atoms with Crippen LogP contribution in [0.25, 0.3) is 10.9 Å². The predicted molar refractivity (Wildman–Crippen MR) is 134 cm³/mol. The standard InChI is InChI=1S/C26H29N3O4S/c1-17-12-29(13-18(2)33-17)26(32)15-28-14-24(22-6-4-5-7-23(22)28)34-16-25(31)27-21-10-8-20(9-11-21)19(3)30/h4-11,14,17-18H,12-13,15-16H2,1-3H3,(H,27,31)/t17-,18-/m1/s1. The molecule has 4 rings (SSSR count). The van der Waals surface area contributed by atoms with Crippen LogP contribution in [0.15, 0.2) is 59.6 Å². The Morgan fingerprint density at radius 3 is 2.38 bits per heavy atom. The summed E-state index contributed by atoms with van der Waals surface area (Å²) < 4.78 is 7.71. The summed E-state index contributed by atoms with van der Waals surface area (Å²) in [7, 11) is 0. The van der Waals surface area contributed by atoms with E-state index in [-0.39, 0.29) is 42.1 Å². The van der Waals surface area contributed by atoms with E-state index in [1.54, 1.807) is 24.3 Å². The molecular formula is C26H29N3O4S. The zero-order valence-electron chi connectivity index (χ0n) is 19.6. The number of fused-ring (bicyclic) bond motifs is 1. The molecule has 178 valence electrons. The van der Waals surface area contributed by atoms with Crippen molar-refractivity contribution in [2.24, 2.45) is 0 Å². The largest absolute Gasteiger partial charge is 0.372 e. The highest BCUT2D eigenvalue weighted by Crippen LogP contribution is 2.30. The number of aromatic nitrogens is 1. The zero-order chi connectivity index (χ0) is 24.2. The number of morpholine rings is 1. The van der Waals surface area contributed by atoms with Crippen LogP contribution >= 0.6 is 11.8 Å². The molecule has 8 heteroatoms. The van der Waals surface area contributed by atoms with Gasteiger partial charge in [0.05, 0.1) is 18.0 Å². The van der Waals surface area contributed by atoms with E-state index >= 15 is 0 Å². The van der Waals surface area contributed by atoms with Crippen LogP contribution < -0.4 is 5.32 Å². The van der Waals surface area contributed by atoms with Crippen molar-refractivity contribution < 1.29 is 19.1 Å². The van der Waals surface area contributed by atoms with Crippen molar-refractivity contribution in [2.45, 2.75) is 44.4 Å². The number of nitrogens with zero attached hydrogens (tertiary/aromatic N) is 2. The van der Waals surface area contributed by atoms with E-state index in [2.05, 4.69) is 5.32 Å². The monoisotopic (exact) mass is 479 g/mol. The number of Topliss-reactive ketones (excluding diaryl/α,β-unsaturated/α-hetero) is 1. The fourth-order valence-corrected chi connectivity index (χ4v) is 5.10. The lowest BCUT2D eigenvalue weighted by atomic mass is 10.1. The zero-order valence-corrected chi connectivity index (χ0v) is 20.4. The van der Waals surface area contributed by atoms with Gasteiger partial charge in [0.1, 0.15) is 6.54 Å². The number of ketones is 1. The van der Waals surface area contributed by atoms with Crippen molar-refractivity contribution in [3.63, 3.8) is 0 Å². The molecule has 0 unspecified atom stereocenters. The van der Waals surface area contributed by atoms with Crippen LogP contribution in [0.3, 0.4) is 0 Å². The van der Waals surface area contributed by atoms with Gasteiger partial charge < -0.3 is 19.5 Å². The van der Waals surface area contributed by atoms with Gasteiger partial charge in [0.2, 0.25) is 11.8 Å². The molecule has 1 fully saturated rings. The number of thioether (sulfide) groups is 1. The number of ether oxygens (including phenoxy) is 1. The number of rotatable bonds is 7. The summed E-state index contributed by atoms with van der Waals surface area (Å²) in [6.07, 6.45) is 2.00. The van der Waals surface area contributed by atoms with Crippen molar-refractivity contribution in [3.05, 3.63) is 60.3 Å². The van der Waals surface area contributed by atoms with Gasteiger partial charge >= 0.3 is 0 Å². The van der Waals surface area contributed by atoms with E-state index in [0.717, 1.165) is 15.8 Å².